The van der Waals surface area contributed by atoms with Crippen molar-refractivity contribution in [2.45, 2.75) is 6.42 Å². The van der Waals surface area contributed by atoms with Crippen LogP contribution >= 0.6 is 0 Å². The molecule has 0 radical (unpaired) electrons. The van der Waals surface area contributed by atoms with E-state index < -0.39 is 25.0 Å². The lowest BCUT2D eigenvalue weighted by atomic mass is 10.1. The smallest absolute Gasteiger partial charge is 0.344 e. The molecule has 26 heavy (non-hydrogen) atoms. The molecule has 0 saturated heterocycles. The Hall–Kier alpha value is -3.09. The minimum absolute atomic E-state index is 0.205. The zero-order valence-electron chi connectivity index (χ0n) is 13.9. The normalized spacial score (nSPS) is 12.8. The Morgan fingerprint density at radius 3 is 2.62 bits per heavy atom. The topological polar surface area (TPSA) is 71.1 Å². The van der Waals surface area contributed by atoms with Crippen molar-refractivity contribution >= 4 is 11.8 Å². The Morgan fingerprint density at radius 1 is 1.00 bits per heavy atom. The molecule has 0 fully saturated rings. The van der Waals surface area contributed by atoms with Gasteiger partial charge in [-0.1, -0.05) is 6.07 Å². The summed E-state index contributed by atoms with van der Waals surface area (Å²) < 4.78 is 34.1. The van der Waals surface area contributed by atoms with E-state index in [1.165, 1.54) is 18.2 Å². The molecule has 0 atom stereocenters. The summed E-state index contributed by atoms with van der Waals surface area (Å²) in [4.78, 5) is 23.9. The summed E-state index contributed by atoms with van der Waals surface area (Å²) >= 11 is 0. The van der Waals surface area contributed by atoms with Gasteiger partial charge in [-0.2, -0.15) is 0 Å². The first-order valence-electron chi connectivity index (χ1n) is 8.08. The second kappa shape index (κ2) is 8.33. The Kier molecular flexibility index (Phi) is 5.68. The van der Waals surface area contributed by atoms with Crippen LogP contribution < -0.4 is 14.2 Å². The standard InChI is InChI=1S/C19H17FO6/c20-14-3-1-4-15(10-14)25-12-19(22)26-11-16(21)13-5-6-17-18(9-13)24-8-2-7-23-17/h1,3-6,9-10H,2,7-8,11-12H2. The van der Waals surface area contributed by atoms with Crippen molar-refractivity contribution in [1.82, 2.24) is 0 Å². The van der Waals surface area contributed by atoms with E-state index in [1.54, 1.807) is 18.2 Å². The third kappa shape index (κ3) is 4.72. The molecule has 0 unspecified atom stereocenters. The molecule has 0 spiro atoms. The highest BCUT2D eigenvalue weighted by atomic mass is 19.1. The lowest BCUT2D eigenvalue weighted by molar-refractivity contribution is -0.144. The molecule has 2 aromatic carbocycles. The van der Waals surface area contributed by atoms with Gasteiger partial charge in [0.05, 0.1) is 13.2 Å². The quantitative estimate of drug-likeness (QED) is 0.583. The molecule has 3 rings (SSSR count). The second-order valence-electron chi connectivity index (χ2n) is 5.54. The maximum atomic E-state index is 13.0. The van der Waals surface area contributed by atoms with Crippen LogP contribution in [0.3, 0.4) is 0 Å². The predicted octanol–water partition coefficient (Wildman–Crippen LogP) is 2.79. The molecular weight excluding hydrogens is 343 g/mol. The molecule has 1 heterocycles. The van der Waals surface area contributed by atoms with E-state index in [0.29, 0.717) is 30.3 Å². The van der Waals surface area contributed by atoms with E-state index in [9.17, 15) is 14.0 Å². The van der Waals surface area contributed by atoms with Crippen molar-refractivity contribution < 1.29 is 32.9 Å². The summed E-state index contributed by atoms with van der Waals surface area (Å²) in [7, 11) is 0. The van der Waals surface area contributed by atoms with Gasteiger partial charge in [0.2, 0.25) is 0 Å². The highest BCUT2D eigenvalue weighted by Crippen LogP contribution is 2.30. The van der Waals surface area contributed by atoms with Crippen LogP contribution in [-0.2, 0) is 9.53 Å². The summed E-state index contributed by atoms with van der Waals surface area (Å²) in [5.74, 6) is -0.290. The molecular formula is C19H17FO6. The molecule has 0 saturated carbocycles. The number of ether oxygens (including phenoxy) is 4. The maximum absolute atomic E-state index is 13.0. The average Bonchev–Trinajstić information content (AvgIpc) is 2.89. The van der Waals surface area contributed by atoms with Crippen LogP contribution in [0, 0.1) is 5.82 Å². The minimum atomic E-state index is -0.725. The molecule has 7 heteroatoms. The third-order valence-electron chi connectivity index (χ3n) is 3.59. The molecule has 0 bridgehead atoms. The van der Waals surface area contributed by atoms with E-state index in [2.05, 4.69) is 0 Å². The zero-order chi connectivity index (χ0) is 18.4. The van der Waals surface area contributed by atoms with E-state index >= 15 is 0 Å². The summed E-state index contributed by atoms with van der Waals surface area (Å²) in [6.45, 7) is 0.225. The van der Waals surface area contributed by atoms with Gasteiger partial charge >= 0.3 is 5.97 Å². The number of fused-ring (bicyclic) bond motifs is 1. The van der Waals surface area contributed by atoms with E-state index in [1.807, 2.05) is 0 Å². The summed E-state index contributed by atoms with van der Waals surface area (Å²) in [5.41, 5.74) is 0.355. The number of ketones is 1. The number of rotatable bonds is 6. The number of hydrogen-bond acceptors (Lipinski definition) is 6. The molecule has 0 amide bonds. The van der Waals surface area contributed by atoms with Crippen molar-refractivity contribution in [2.75, 3.05) is 26.4 Å². The van der Waals surface area contributed by atoms with E-state index in [-0.39, 0.29) is 11.5 Å². The molecule has 0 aliphatic carbocycles. The van der Waals surface area contributed by atoms with Crippen LogP contribution in [0.2, 0.25) is 0 Å². The molecule has 0 aromatic heterocycles. The van der Waals surface area contributed by atoms with E-state index in [4.69, 9.17) is 18.9 Å². The zero-order valence-corrected chi connectivity index (χ0v) is 13.9. The van der Waals surface area contributed by atoms with Gasteiger partial charge in [-0.25, -0.2) is 9.18 Å². The number of hydrogen-bond donors (Lipinski definition) is 0. The Bertz CT molecular complexity index is 804. The first kappa shape index (κ1) is 17.7. The fourth-order valence-electron chi connectivity index (χ4n) is 2.31. The summed E-state index contributed by atoms with van der Waals surface area (Å²) in [5, 5.41) is 0. The average molecular weight is 360 g/mol. The highest BCUT2D eigenvalue weighted by molar-refractivity contribution is 5.98. The van der Waals surface area contributed by atoms with Crippen molar-refractivity contribution in [3.63, 3.8) is 0 Å². The van der Waals surface area contributed by atoms with Gasteiger partial charge < -0.3 is 18.9 Å². The van der Waals surface area contributed by atoms with Crippen LogP contribution in [0.4, 0.5) is 4.39 Å². The number of carbonyl (C=O) groups is 2. The van der Waals surface area contributed by atoms with Crippen LogP contribution in [0.1, 0.15) is 16.8 Å². The van der Waals surface area contributed by atoms with Gasteiger partial charge in [0.25, 0.3) is 0 Å². The summed E-state index contributed by atoms with van der Waals surface area (Å²) in [6, 6.07) is 10.2. The fraction of sp³-hybridized carbons (Fsp3) is 0.263. The first-order chi connectivity index (χ1) is 12.6. The van der Waals surface area contributed by atoms with Gasteiger partial charge in [-0.05, 0) is 30.3 Å². The first-order valence-corrected chi connectivity index (χ1v) is 8.08. The van der Waals surface area contributed by atoms with Crippen LogP contribution in [0.15, 0.2) is 42.5 Å². The van der Waals surface area contributed by atoms with Crippen LogP contribution in [0.5, 0.6) is 17.2 Å². The lowest BCUT2D eigenvalue weighted by Crippen LogP contribution is -2.19. The number of carbonyl (C=O) groups excluding carboxylic acids is 2. The predicted molar refractivity (Wildman–Crippen MR) is 89.2 cm³/mol. The molecule has 136 valence electrons. The number of Topliss-reactive ketones (excluding diaryl/α,β-unsaturated/α-hetero) is 1. The molecule has 1 aliphatic rings. The second-order valence-corrected chi connectivity index (χ2v) is 5.54. The van der Waals surface area contributed by atoms with Crippen molar-refractivity contribution in [1.29, 1.82) is 0 Å². The van der Waals surface area contributed by atoms with Crippen molar-refractivity contribution in [3.05, 3.63) is 53.8 Å². The largest absolute Gasteiger partial charge is 0.490 e. The maximum Gasteiger partial charge on any atom is 0.344 e. The van der Waals surface area contributed by atoms with Gasteiger partial charge in [-0.15, -0.1) is 0 Å². The number of esters is 1. The Labute approximate surface area is 149 Å². The van der Waals surface area contributed by atoms with Gasteiger partial charge in [0.1, 0.15) is 11.6 Å². The summed E-state index contributed by atoms with van der Waals surface area (Å²) in [6.07, 6.45) is 0.765. The van der Waals surface area contributed by atoms with Crippen LogP contribution in [-0.4, -0.2) is 38.2 Å². The molecule has 2 aromatic rings. The Morgan fingerprint density at radius 2 is 1.81 bits per heavy atom. The van der Waals surface area contributed by atoms with Crippen LogP contribution in [0.25, 0.3) is 0 Å². The van der Waals surface area contributed by atoms with Crippen molar-refractivity contribution in [3.8, 4) is 17.2 Å². The molecule has 1 aliphatic heterocycles. The highest BCUT2D eigenvalue weighted by Gasteiger charge is 2.16. The van der Waals surface area contributed by atoms with Gasteiger partial charge in [0.15, 0.2) is 30.5 Å². The van der Waals surface area contributed by atoms with E-state index in [0.717, 1.165) is 12.5 Å². The van der Waals surface area contributed by atoms with Gasteiger partial charge in [-0.3, -0.25) is 4.79 Å². The monoisotopic (exact) mass is 360 g/mol. The molecule has 6 nitrogen and oxygen atoms in total. The number of halogens is 1. The van der Waals surface area contributed by atoms with Crippen molar-refractivity contribution in [2.24, 2.45) is 0 Å². The fourth-order valence-corrected chi connectivity index (χ4v) is 2.31. The Balaban J connectivity index is 1.50. The lowest BCUT2D eigenvalue weighted by Gasteiger charge is -2.09. The minimum Gasteiger partial charge on any atom is -0.490 e. The third-order valence-corrected chi connectivity index (χ3v) is 3.59. The number of benzene rings is 2. The molecule has 0 N–H and O–H groups in total. The van der Waals surface area contributed by atoms with Gasteiger partial charge in [0, 0.05) is 18.1 Å². The SMILES string of the molecule is O=C(COc1cccc(F)c1)OCC(=O)c1ccc2c(c1)OCCCO2.